The highest BCUT2D eigenvalue weighted by Gasteiger charge is 2.32. The van der Waals surface area contributed by atoms with Gasteiger partial charge in [0.2, 0.25) is 11.8 Å². The lowest BCUT2D eigenvalue weighted by atomic mass is 10.0. The molecule has 1 aliphatic heterocycles. The molecule has 1 unspecified atom stereocenters. The van der Waals surface area contributed by atoms with Crippen molar-refractivity contribution in [3.8, 4) is 0 Å². The maximum absolute atomic E-state index is 12.6. The van der Waals surface area contributed by atoms with Crippen molar-refractivity contribution in [1.82, 2.24) is 20.9 Å². The third kappa shape index (κ3) is 7.61. The maximum Gasteiger partial charge on any atom is 0.225 e. The average Bonchev–Trinajstić information content (AvgIpc) is 3.46. The van der Waals surface area contributed by atoms with Gasteiger partial charge in [0, 0.05) is 51.6 Å². The van der Waals surface area contributed by atoms with Gasteiger partial charge in [-0.2, -0.15) is 0 Å². The molecule has 0 aromatic heterocycles. The largest absolute Gasteiger partial charge is 0.355 e. The van der Waals surface area contributed by atoms with Crippen LogP contribution >= 0.6 is 24.0 Å². The standard InChI is InChI=1S/C21H37N5O2.HI/c1-22-21(24-12-11-23-19(27)14-16-6-2-3-7-16)25-18-10-13-26(15-18)20(28)17-8-4-5-9-17;/h16-18H,2-15H2,1H3,(H,23,27)(H2,22,24,25);1H. The van der Waals surface area contributed by atoms with Gasteiger partial charge in [-0.15, -0.1) is 24.0 Å². The molecule has 1 heterocycles. The van der Waals surface area contributed by atoms with E-state index in [1.54, 1.807) is 7.05 Å². The van der Waals surface area contributed by atoms with Crippen molar-refractivity contribution < 1.29 is 9.59 Å². The van der Waals surface area contributed by atoms with Gasteiger partial charge in [0.15, 0.2) is 5.96 Å². The summed E-state index contributed by atoms with van der Waals surface area (Å²) >= 11 is 0. The van der Waals surface area contributed by atoms with Crippen molar-refractivity contribution in [2.75, 3.05) is 33.2 Å². The van der Waals surface area contributed by atoms with Gasteiger partial charge in [-0.25, -0.2) is 0 Å². The summed E-state index contributed by atoms with van der Waals surface area (Å²) in [6.07, 6.45) is 11.1. The molecule has 0 aromatic carbocycles. The lowest BCUT2D eigenvalue weighted by molar-refractivity contribution is -0.134. The third-order valence-corrected chi connectivity index (χ3v) is 6.46. The van der Waals surface area contributed by atoms with Gasteiger partial charge in [0.05, 0.1) is 0 Å². The number of hydrogen-bond donors (Lipinski definition) is 3. The number of nitrogens with one attached hydrogen (secondary N) is 3. The molecule has 2 aliphatic carbocycles. The van der Waals surface area contributed by atoms with Crippen LogP contribution in [-0.4, -0.2) is 61.9 Å². The van der Waals surface area contributed by atoms with E-state index in [0.29, 0.717) is 31.3 Å². The Morgan fingerprint density at radius 1 is 0.966 bits per heavy atom. The number of nitrogens with zero attached hydrogens (tertiary/aromatic N) is 2. The molecule has 0 bridgehead atoms. The first-order valence-electron chi connectivity index (χ1n) is 11.2. The molecule has 3 fully saturated rings. The van der Waals surface area contributed by atoms with Crippen molar-refractivity contribution in [2.24, 2.45) is 16.8 Å². The van der Waals surface area contributed by atoms with E-state index < -0.39 is 0 Å². The molecule has 29 heavy (non-hydrogen) atoms. The summed E-state index contributed by atoms with van der Waals surface area (Å²) in [5.41, 5.74) is 0. The first-order chi connectivity index (χ1) is 13.7. The van der Waals surface area contributed by atoms with Gasteiger partial charge < -0.3 is 20.9 Å². The fourth-order valence-electron chi connectivity index (χ4n) is 4.83. The minimum Gasteiger partial charge on any atom is -0.355 e. The SMILES string of the molecule is CN=C(NCCNC(=O)CC1CCCC1)NC1CCN(C(=O)C2CCCC2)C1.I. The Morgan fingerprint density at radius 3 is 2.31 bits per heavy atom. The molecular weight excluding hydrogens is 481 g/mol. The Morgan fingerprint density at radius 2 is 1.62 bits per heavy atom. The summed E-state index contributed by atoms with van der Waals surface area (Å²) in [6, 6.07) is 0.244. The fraction of sp³-hybridized carbons (Fsp3) is 0.857. The highest BCUT2D eigenvalue weighted by molar-refractivity contribution is 14.0. The maximum atomic E-state index is 12.6. The van der Waals surface area contributed by atoms with E-state index >= 15 is 0 Å². The molecule has 1 saturated heterocycles. The second-order valence-electron chi connectivity index (χ2n) is 8.60. The van der Waals surface area contributed by atoms with E-state index in [9.17, 15) is 9.59 Å². The van der Waals surface area contributed by atoms with Crippen LogP contribution in [0.15, 0.2) is 4.99 Å². The van der Waals surface area contributed by atoms with E-state index in [2.05, 4.69) is 20.9 Å². The monoisotopic (exact) mass is 519 g/mol. The predicted octanol–water partition coefficient (Wildman–Crippen LogP) is 2.26. The molecule has 166 valence electrons. The van der Waals surface area contributed by atoms with Gasteiger partial charge in [-0.1, -0.05) is 25.7 Å². The molecule has 2 saturated carbocycles. The van der Waals surface area contributed by atoms with Crippen LogP contribution in [0.1, 0.15) is 64.2 Å². The number of amides is 2. The highest BCUT2D eigenvalue weighted by Crippen LogP contribution is 2.28. The number of hydrogen-bond acceptors (Lipinski definition) is 3. The zero-order valence-corrected chi connectivity index (χ0v) is 20.1. The van der Waals surface area contributed by atoms with Crippen molar-refractivity contribution in [3.05, 3.63) is 0 Å². The summed E-state index contributed by atoms with van der Waals surface area (Å²) < 4.78 is 0. The van der Waals surface area contributed by atoms with Crippen molar-refractivity contribution in [2.45, 2.75) is 70.3 Å². The number of likely N-dealkylation sites (tertiary alicyclic amines) is 1. The molecule has 8 heteroatoms. The molecule has 0 radical (unpaired) electrons. The Hall–Kier alpha value is -1.06. The quantitative estimate of drug-likeness (QED) is 0.209. The van der Waals surface area contributed by atoms with Crippen LogP contribution in [-0.2, 0) is 9.59 Å². The average molecular weight is 519 g/mol. The Kier molecular flexibility index (Phi) is 10.5. The Labute approximate surface area is 192 Å². The number of guanidine groups is 1. The molecule has 3 rings (SSSR count). The van der Waals surface area contributed by atoms with Gasteiger partial charge in [-0.05, 0) is 38.0 Å². The summed E-state index contributed by atoms with van der Waals surface area (Å²) in [6.45, 7) is 2.84. The lowest BCUT2D eigenvalue weighted by Gasteiger charge is -2.21. The number of rotatable bonds is 7. The van der Waals surface area contributed by atoms with Crippen LogP contribution in [0.5, 0.6) is 0 Å². The minimum absolute atomic E-state index is 0. The van der Waals surface area contributed by atoms with Gasteiger partial charge in [0.25, 0.3) is 0 Å². The minimum atomic E-state index is 0. The number of carbonyl (C=O) groups is 2. The summed E-state index contributed by atoms with van der Waals surface area (Å²) in [5.74, 6) is 2.08. The number of halogens is 1. The molecule has 7 nitrogen and oxygen atoms in total. The zero-order chi connectivity index (χ0) is 19.8. The van der Waals surface area contributed by atoms with E-state index in [0.717, 1.165) is 38.3 Å². The summed E-state index contributed by atoms with van der Waals surface area (Å²) in [4.78, 5) is 30.8. The molecule has 0 aromatic rings. The van der Waals surface area contributed by atoms with Gasteiger partial charge in [-0.3, -0.25) is 14.6 Å². The third-order valence-electron chi connectivity index (χ3n) is 6.46. The van der Waals surface area contributed by atoms with Crippen molar-refractivity contribution in [3.63, 3.8) is 0 Å². The second-order valence-corrected chi connectivity index (χ2v) is 8.60. The topological polar surface area (TPSA) is 85.8 Å². The highest BCUT2D eigenvalue weighted by atomic mass is 127. The van der Waals surface area contributed by atoms with E-state index in [4.69, 9.17) is 0 Å². The lowest BCUT2D eigenvalue weighted by Crippen LogP contribution is -2.47. The van der Waals surface area contributed by atoms with Crippen LogP contribution < -0.4 is 16.0 Å². The van der Waals surface area contributed by atoms with Gasteiger partial charge in [0.1, 0.15) is 0 Å². The normalized spacial score (nSPS) is 23.1. The first-order valence-corrected chi connectivity index (χ1v) is 11.2. The number of carbonyl (C=O) groups excluding carboxylic acids is 2. The van der Waals surface area contributed by atoms with Crippen LogP contribution in [0.2, 0.25) is 0 Å². The van der Waals surface area contributed by atoms with E-state index in [1.165, 1.54) is 38.5 Å². The van der Waals surface area contributed by atoms with E-state index in [-0.39, 0.29) is 41.8 Å². The molecule has 3 N–H and O–H groups in total. The van der Waals surface area contributed by atoms with Crippen molar-refractivity contribution >= 4 is 41.8 Å². The zero-order valence-electron chi connectivity index (χ0n) is 17.8. The fourth-order valence-corrected chi connectivity index (χ4v) is 4.83. The number of aliphatic imine (C=N–C) groups is 1. The van der Waals surface area contributed by atoms with Crippen LogP contribution in [0.4, 0.5) is 0 Å². The molecule has 1 atom stereocenters. The van der Waals surface area contributed by atoms with Crippen LogP contribution in [0.3, 0.4) is 0 Å². The van der Waals surface area contributed by atoms with Crippen LogP contribution in [0.25, 0.3) is 0 Å². The van der Waals surface area contributed by atoms with Crippen molar-refractivity contribution in [1.29, 1.82) is 0 Å². The predicted molar refractivity (Wildman–Crippen MR) is 126 cm³/mol. The molecular formula is C21H38IN5O2. The Bertz CT molecular complexity index is 559. The second kappa shape index (κ2) is 12.6. The Balaban J connectivity index is 0.00000300. The summed E-state index contributed by atoms with van der Waals surface area (Å²) in [5, 5.41) is 9.68. The first kappa shape index (κ1) is 24.2. The smallest absolute Gasteiger partial charge is 0.225 e. The molecule has 3 aliphatic rings. The summed E-state index contributed by atoms with van der Waals surface area (Å²) in [7, 11) is 1.75. The molecule has 2 amide bonds. The van der Waals surface area contributed by atoms with Gasteiger partial charge >= 0.3 is 0 Å². The van der Waals surface area contributed by atoms with E-state index in [1.807, 2.05) is 4.90 Å². The molecule has 0 spiro atoms. The van der Waals surface area contributed by atoms with Crippen LogP contribution in [0, 0.1) is 11.8 Å².